The van der Waals surface area contributed by atoms with Gasteiger partial charge < -0.3 is 9.73 Å². The quantitative estimate of drug-likeness (QED) is 0.341. The van der Waals surface area contributed by atoms with Crippen molar-refractivity contribution >= 4 is 17.7 Å². The van der Waals surface area contributed by atoms with Crippen molar-refractivity contribution in [3.8, 4) is 17.4 Å². The van der Waals surface area contributed by atoms with Crippen molar-refractivity contribution in [2.75, 3.05) is 0 Å². The Kier molecular flexibility index (Phi) is 6.13. The molecular formula is C22H23N3O4. The molecule has 7 heteroatoms. The van der Waals surface area contributed by atoms with Crippen molar-refractivity contribution in [3.63, 3.8) is 0 Å². The van der Waals surface area contributed by atoms with Crippen LogP contribution in [0.1, 0.15) is 43.9 Å². The lowest BCUT2D eigenvalue weighted by Gasteiger charge is -2.29. The number of carbonyl (C=O) groups is 1. The second-order valence-electron chi connectivity index (χ2n) is 7.47. The van der Waals surface area contributed by atoms with E-state index in [1.54, 1.807) is 25.1 Å². The van der Waals surface area contributed by atoms with Crippen molar-refractivity contribution in [1.29, 1.82) is 5.26 Å². The number of nitriles is 1. The number of benzene rings is 1. The summed E-state index contributed by atoms with van der Waals surface area (Å²) in [6, 6.07) is 9.95. The highest BCUT2D eigenvalue weighted by Crippen LogP contribution is 2.29. The van der Waals surface area contributed by atoms with Gasteiger partial charge in [0, 0.05) is 29.8 Å². The fraction of sp³-hybridized carbons (Fsp3) is 0.364. The zero-order valence-electron chi connectivity index (χ0n) is 16.5. The zero-order valence-corrected chi connectivity index (χ0v) is 16.5. The molecule has 0 bridgehead atoms. The molecule has 1 N–H and O–H groups in total. The Labute approximate surface area is 169 Å². The maximum atomic E-state index is 12.5. The number of nitro benzene ring substituents is 1. The van der Waals surface area contributed by atoms with E-state index < -0.39 is 10.8 Å². The Hall–Kier alpha value is -3.40. The van der Waals surface area contributed by atoms with Gasteiger partial charge in [-0.25, -0.2) is 0 Å². The minimum absolute atomic E-state index is 0.0101. The van der Waals surface area contributed by atoms with Gasteiger partial charge in [-0.3, -0.25) is 14.9 Å². The Balaban J connectivity index is 1.78. The minimum Gasteiger partial charge on any atom is -0.457 e. The molecular weight excluding hydrogens is 370 g/mol. The zero-order chi connectivity index (χ0) is 21.0. The van der Waals surface area contributed by atoms with Gasteiger partial charge in [-0.15, -0.1) is 0 Å². The summed E-state index contributed by atoms with van der Waals surface area (Å²) in [5, 5.41) is 23.3. The van der Waals surface area contributed by atoms with Crippen LogP contribution in [0.4, 0.5) is 5.69 Å². The molecule has 7 nitrogen and oxygen atoms in total. The van der Waals surface area contributed by atoms with E-state index in [2.05, 4.69) is 12.2 Å². The van der Waals surface area contributed by atoms with Gasteiger partial charge in [-0.1, -0.05) is 19.8 Å². The van der Waals surface area contributed by atoms with Crippen LogP contribution in [0.15, 0.2) is 40.3 Å². The first-order valence-corrected chi connectivity index (χ1v) is 9.67. The smallest absolute Gasteiger partial charge is 0.269 e. The van der Waals surface area contributed by atoms with E-state index in [1.165, 1.54) is 24.6 Å². The van der Waals surface area contributed by atoms with Crippen LogP contribution in [-0.2, 0) is 4.79 Å². The maximum absolute atomic E-state index is 12.5. The lowest BCUT2D eigenvalue weighted by atomic mass is 9.86. The molecule has 2 atom stereocenters. The Bertz CT molecular complexity index is 1000. The highest BCUT2D eigenvalue weighted by molar-refractivity contribution is 6.01. The van der Waals surface area contributed by atoms with Crippen LogP contribution >= 0.6 is 0 Å². The van der Waals surface area contributed by atoms with Gasteiger partial charge >= 0.3 is 0 Å². The van der Waals surface area contributed by atoms with E-state index in [4.69, 9.17) is 4.42 Å². The van der Waals surface area contributed by atoms with Crippen molar-refractivity contribution in [1.82, 2.24) is 5.32 Å². The summed E-state index contributed by atoms with van der Waals surface area (Å²) in [7, 11) is 0. The van der Waals surface area contributed by atoms with Crippen LogP contribution in [0.3, 0.4) is 0 Å². The first-order chi connectivity index (χ1) is 13.9. The van der Waals surface area contributed by atoms with Gasteiger partial charge in [-0.05, 0) is 49.4 Å². The Morgan fingerprint density at radius 2 is 2.07 bits per heavy atom. The third-order valence-corrected chi connectivity index (χ3v) is 5.39. The summed E-state index contributed by atoms with van der Waals surface area (Å²) in [4.78, 5) is 23.0. The molecule has 0 unspecified atom stereocenters. The fourth-order valence-corrected chi connectivity index (χ4v) is 3.68. The third-order valence-electron chi connectivity index (χ3n) is 5.39. The van der Waals surface area contributed by atoms with Crippen LogP contribution in [0, 0.1) is 34.3 Å². The summed E-state index contributed by atoms with van der Waals surface area (Å²) in [5.74, 6) is 0.895. The average Bonchev–Trinajstić information content (AvgIpc) is 3.16. The molecule has 29 heavy (non-hydrogen) atoms. The van der Waals surface area contributed by atoms with Crippen molar-refractivity contribution in [3.05, 3.63) is 57.3 Å². The number of furan rings is 1. The van der Waals surface area contributed by atoms with Crippen molar-refractivity contribution in [2.24, 2.45) is 5.92 Å². The molecule has 1 saturated carbocycles. The molecule has 1 aliphatic carbocycles. The standard InChI is InChI=1S/C22H23N3O4/c1-14-5-3-4-6-20(14)24-22(26)16(13-23)12-18-8-10-21(29-18)19-9-7-17(25(27)28)11-15(19)2/h7-12,14,20H,3-6H2,1-2H3,(H,24,26)/b16-12+/t14-,20+/m1/s1. The van der Waals surface area contributed by atoms with Gasteiger partial charge in [0.15, 0.2) is 0 Å². The molecule has 0 spiro atoms. The molecule has 0 radical (unpaired) electrons. The molecule has 2 aromatic rings. The summed E-state index contributed by atoms with van der Waals surface area (Å²) in [6.45, 7) is 3.88. The topological polar surface area (TPSA) is 109 Å². The highest BCUT2D eigenvalue weighted by Gasteiger charge is 2.24. The van der Waals surface area contributed by atoms with Crippen LogP contribution in [0.25, 0.3) is 17.4 Å². The molecule has 0 saturated heterocycles. The number of nitrogens with one attached hydrogen (secondary N) is 1. The number of carbonyl (C=O) groups excluding carboxylic acids is 1. The first kappa shape index (κ1) is 20.3. The van der Waals surface area contributed by atoms with E-state index in [0.29, 0.717) is 28.6 Å². The summed E-state index contributed by atoms with van der Waals surface area (Å²) in [5.41, 5.74) is 1.42. The van der Waals surface area contributed by atoms with Gasteiger partial charge in [0.05, 0.1) is 4.92 Å². The largest absolute Gasteiger partial charge is 0.457 e. The molecule has 3 rings (SSSR count). The number of aryl methyl sites for hydroxylation is 1. The predicted octanol–water partition coefficient (Wildman–Crippen LogP) is 4.77. The van der Waals surface area contributed by atoms with Gasteiger partial charge in [0.2, 0.25) is 0 Å². The van der Waals surface area contributed by atoms with Crippen LogP contribution in [0.2, 0.25) is 0 Å². The number of non-ortho nitro benzene ring substituents is 1. The summed E-state index contributed by atoms with van der Waals surface area (Å²) >= 11 is 0. The Morgan fingerprint density at radius 3 is 2.72 bits per heavy atom. The fourth-order valence-electron chi connectivity index (χ4n) is 3.68. The third kappa shape index (κ3) is 4.72. The summed E-state index contributed by atoms with van der Waals surface area (Å²) < 4.78 is 5.77. The molecule has 1 heterocycles. The number of nitro groups is 1. The Morgan fingerprint density at radius 1 is 1.31 bits per heavy atom. The number of rotatable bonds is 5. The molecule has 1 aliphatic rings. The SMILES string of the molecule is Cc1cc([N+](=O)[O-])ccc1-c1ccc(/C=C(\C#N)C(=O)N[C@H]2CCCC[C@H]2C)o1. The molecule has 1 amide bonds. The summed E-state index contributed by atoms with van der Waals surface area (Å²) in [6.07, 6.45) is 5.68. The predicted molar refractivity (Wildman–Crippen MR) is 109 cm³/mol. The number of hydrogen-bond acceptors (Lipinski definition) is 5. The number of amides is 1. The first-order valence-electron chi connectivity index (χ1n) is 9.67. The molecule has 0 aliphatic heterocycles. The maximum Gasteiger partial charge on any atom is 0.269 e. The molecule has 1 aromatic carbocycles. The van der Waals surface area contributed by atoms with Gasteiger partial charge in [0.1, 0.15) is 23.2 Å². The van der Waals surface area contributed by atoms with Crippen molar-refractivity contribution < 1.29 is 14.1 Å². The average molecular weight is 393 g/mol. The normalized spacial score (nSPS) is 19.4. The molecule has 1 aromatic heterocycles. The molecule has 150 valence electrons. The minimum atomic E-state index is -0.446. The van der Waals surface area contributed by atoms with E-state index in [0.717, 1.165) is 19.3 Å². The van der Waals surface area contributed by atoms with Gasteiger partial charge in [-0.2, -0.15) is 5.26 Å². The van der Waals surface area contributed by atoms with Crippen molar-refractivity contribution in [2.45, 2.75) is 45.6 Å². The van der Waals surface area contributed by atoms with E-state index >= 15 is 0 Å². The van der Waals surface area contributed by atoms with E-state index in [9.17, 15) is 20.2 Å². The highest BCUT2D eigenvalue weighted by atomic mass is 16.6. The number of nitrogens with zero attached hydrogens (tertiary/aromatic N) is 2. The lowest BCUT2D eigenvalue weighted by molar-refractivity contribution is -0.384. The van der Waals surface area contributed by atoms with Crippen LogP contribution in [-0.4, -0.2) is 16.9 Å². The number of hydrogen-bond donors (Lipinski definition) is 1. The lowest BCUT2D eigenvalue weighted by Crippen LogP contribution is -2.41. The van der Waals surface area contributed by atoms with E-state index in [1.807, 2.05) is 6.07 Å². The second kappa shape index (κ2) is 8.74. The van der Waals surface area contributed by atoms with Gasteiger partial charge in [0.25, 0.3) is 11.6 Å². The van der Waals surface area contributed by atoms with Crippen LogP contribution < -0.4 is 5.32 Å². The second-order valence-corrected chi connectivity index (χ2v) is 7.47. The monoisotopic (exact) mass is 393 g/mol. The van der Waals surface area contributed by atoms with Crippen LogP contribution in [0.5, 0.6) is 0 Å². The van der Waals surface area contributed by atoms with E-state index in [-0.39, 0.29) is 17.3 Å². The molecule has 1 fully saturated rings.